The highest BCUT2D eigenvalue weighted by molar-refractivity contribution is 6.20. The minimum Gasteiger partial charge on any atom is -0.465 e. The summed E-state index contributed by atoms with van der Waals surface area (Å²) in [7, 11) is 2.41. The van der Waals surface area contributed by atoms with Crippen LogP contribution in [0.4, 0.5) is 5.69 Å². The second-order valence-corrected chi connectivity index (χ2v) is 5.30. The first-order valence-electron chi connectivity index (χ1n) is 7.28. The number of nitrogens with zero attached hydrogens (tertiary/aromatic N) is 1. The van der Waals surface area contributed by atoms with Gasteiger partial charge < -0.3 is 9.47 Å². The number of fused-ring (bicyclic) bond motifs is 3. The van der Waals surface area contributed by atoms with E-state index in [1.54, 1.807) is 24.3 Å². The van der Waals surface area contributed by atoms with Gasteiger partial charge in [-0.1, -0.05) is 18.2 Å². The van der Waals surface area contributed by atoms with Crippen LogP contribution in [0.15, 0.2) is 42.5 Å². The summed E-state index contributed by atoms with van der Waals surface area (Å²) in [4.78, 5) is 35.0. The Morgan fingerprint density at radius 1 is 0.920 bits per heavy atom. The van der Waals surface area contributed by atoms with Gasteiger partial charge in [-0.2, -0.15) is 0 Å². The predicted molar refractivity (Wildman–Crippen MR) is 90.8 cm³/mol. The van der Waals surface area contributed by atoms with E-state index >= 15 is 0 Å². The number of non-ortho nitro benzene ring substituents is 1. The SMILES string of the molecule is COC(=O)c1ccc2ccc3ccc([N+](=O)[O-])cc3c2c1C(=O)OC. The van der Waals surface area contributed by atoms with Crippen molar-refractivity contribution in [1.29, 1.82) is 0 Å². The molecule has 3 aromatic rings. The zero-order valence-electron chi connectivity index (χ0n) is 13.4. The number of carbonyl (C=O) groups excluding carboxylic acids is 2. The van der Waals surface area contributed by atoms with Gasteiger partial charge in [0.1, 0.15) is 0 Å². The first kappa shape index (κ1) is 16.4. The lowest BCUT2D eigenvalue weighted by molar-refractivity contribution is -0.384. The Balaban J connectivity index is 2.52. The zero-order chi connectivity index (χ0) is 18.1. The fraction of sp³-hybridized carbons (Fsp3) is 0.111. The van der Waals surface area contributed by atoms with Crippen LogP contribution in [0.1, 0.15) is 20.7 Å². The van der Waals surface area contributed by atoms with E-state index in [-0.39, 0.29) is 16.8 Å². The molecule has 0 aliphatic carbocycles. The van der Waals surface area contributed by atoms with Gasteiger partial charge in [0.05, 0.1) is 30.3 Å². The van der Waals surface area contributed by atoms with Crippen LogP contribution in [-0.2, 0) is 9.47 Å². The van der Waals surface area contributed by atoms with Crippen LogP contribution < -0.4 is 0 Å². The summed E-state index contributed by atoms with van der Waals surface area (Å²) in [5.74, 6) is -1.41. The third-order valence-electron chi connectivity index (χ3n) is 3.99. The molecule has 0 aromatic heterocycles. The average Bonchev–Trinajstić information content (AvgIpc) is 2.64. The molecule has 0 amide bonds. The van der Waals surface area contributed by atoms with Crippen molar-refractivity contribution in [1.82, 2.24) is 0 Å². The van der Waals surface area contributed by atoms with Crippen molar-refractivity contribution in [3.8, 4) is 0 Å². The zero-order valence-corrected chi connectivity index (χ0v) is 13.4. The average molecular weight is 339 g/mol. The normalized spacial score (nSPS) is 10.6. The van der Waals surface area contributed by atoms with Crippen molar-refractivity contribution in [3.05, 3.63) is 63.7 Å². The van der Waals surface area contributed by atoms with Gasteiger partial charge in [0.15, 0.2) is 0 Å². The lowest BCUT2D eigenvalue weighted by atomic mass is 9.93. The second-order valence-electron chi connectivity index (χ2n) is 5.30. The Morgan fingerprint density at radius 2 is 1.52 bits per heavy atom. The Kier molecular flexibility index (Phi) is 4.06. The summed E-state index contributed by atoms with van der Waals surface area (Å²) in [6, 6.07) is 11.1. The fourth-order valence-electron chi connectivity index (χ4n) is 2.84. The largest absolute Gasteiger partial charge is 0.465 e. The summed E-state index contributed by atoms with van der Waals surface area (Å²) < 4.78 is 9.57. The minimum absolute atomic E-state index is 0.0259. The van der Waals surface area contributed by atoms with E-state index in [0.717, 1.165) is 0 Å². The van der Waals surface area contributed by atoms with Crippen molar-refractivity contribution < 1.29 is 24.0 Å². The lowest BCUT2D eigenvalue weighted by Gasteiger charge is -2.12. The van der Waals surface area contributed by atoms with Gasteiger partial charge in [0.2, 0.25) is 0 Å². The monoisotopic (exact) mass is 339 g/mol. The number of carbonyl (C=O) groups is 2. The molecule has 0 fully saturated rings. The highest BCUT2D eigenvalue weighted by atomic mass is 16.6. The molecule has 0 spiro atoms. The number of esters is 2. The molecule has 0 saturated heterocycles. The van der Waals surface area contributed by atoms with Crippen LogP contribution in [0.5, 0.6) is 0 Å². The van der Waals surface area contributed by atoms with Crippen molar-refractivity contribution in [2.24, 2.45) is 0 Å². The molecule has 25 heavy (non-hydrogen) atoms. The minimum atomic E-state index is -0.718. The van der Waals surface area contributed by atoms with Gasteiger partial charge in [-0.25, -0.2) is 9.59 Å². The van der Waals surface area contributed by atoms with E-state index in [0.29, 0.717) is 21.5 Å². The highest BCUT2D eigenvalue weighted by Crippen LogP contribution is 2.33. The van der Waals surface area contributed by atoms with Gasteiger partial charge in [0.25, 0.3) is 5.69 Å². The molecule has 0 saturated carbocycles. The lowest BCUT2D eigenvalue weighted by Crippen LogP contribution is -2.12. The van der Waals surface area contributed by atoms with Crippen molar-refractivity contribution in [2.75, 3.05) is 14.2 Å². The molecule has 0 radical (unpaired) electrons. The second kappa shape index (κ2) is 6.20. The molecule has 0 atom stereocenters. The van der Waals surface area contributed by atoms with Crippen LogP contribution in [0.25, 0.3) is 21.5 Å². The van der Waals surface area contributed by atoms with Crippen LogP contribution >= 0.6 is 0 Å². The maximum atomic E-state index is 12.4. The molecule has 3 rings (SSSR count). The summed E-state index contributed by atoms with van der Waals surface area (Å²) in [6.07, 6.45) is 0. The van der Waals surface area contributed by atoms with Gasteiger partial charge in [-0.05, 0) is 28.3 Å². The van der Waals surface area contributed by atoms with Crippen LogP contribution in [0, 0.1) is 10.1 Å². The number of hydrogen-bond acceptors (Lipinski definition) is 6. The smallest absolute Gasteiger partial charge is 0.339 e. The third kappa shape index (κ3) is 2.65. The first-order chi connectivity index (χ1) is 12.0. The topological polar surface area (TPSA) is 95.7 Å². The van der Waals surface area contributed by atoms with Crippen molar-refractivity contribution >= 4 is 39.2 Å². The number of methoxy groups -OCH3 is 2. The van der Waals surface area contributed by atoms with Crippen molar-refractivity contribution in [2.45, 2.75) is 0 Å². The molecular formula is C18H13NO6. The van der Waals surface area contributed by atoms with E-state index < -0.39 is 16.9 Å². The summed E-state index contributed by atoms with van der Waals surface area (Å²) >= 11 is 0. The summed E-state index contributed by atoms with van der Waals surface area (Å²) in [5.41, 5.74) is -0.0434. The molecule has 7 nitrogen and oxygen atoms in total. The Bertz CT molecular complexity index is 1040. The van der Waals surface area contributed by atoms with E-state index in [9.17, 15) is 19.7 Å². The Morgan fingerprint density at radius 3 is 2.16 bits per heavy atom. The molecule has 3 aromatic carbocycles. The third-order valence-corrected chi connectivity index (χ3v) is 3.99. The molecule has 0 aliphatic rings. The number of rotatable bonds is 3. The fourth-order valence-corrected chi connectivity index (χ4v) is 2.84. The van der Waals surface area contributed by atoms with E-state index in [1.165, 1.54) is 32.4 Å². The molecular weight excluding hydrogens is 326 g/mol. The summed E-state index contributed by atoms with van der Waals surface area (Å²) in [6.45, 7) is 0. The molecule has 0 N–H and O–H groups in total. The first-order valence-corrected chi connectivity index (χ1v) is 7.28. The van der Waals surface area contributed by atoms with Gasteiger partial charge in [-0.15, -0.1) is 0 Å². The molecule has 0 aliphatic heterocycles. The van der Waals surface area contributed by atoms with Crippen LogP contribution in [0.3, 0.4) is 0 Å². The Hall–Kier alpha value is -3.48. The number of nitro benzene ring substituents is 1. The van der Waals surface area contributed by atoms with E-state index in [1.807, 2.05) is 0 Å². The maximum Gasteiger partial charge on any atom is 0.339 e. The maximum absolute atomic E-state index is 12.4. The Labute approximate surface area is 141 Å². The highest BCUT2D eigenvalue weighted by Gasteiger charge is 2.23. The number of benzene rings is 3. The van der Waals surface area contributed by atoms with E-state index in [4.69, 9.17) is 9.47 Å². The number of nitro groups is 1. The number of ether oxygens (including phenoxy) is 2. The van der Waals surface area contributed by atoms with Crippen molar-refractivity contribution in [3.63, 3.8) is 0 Å². The molecule has 0 unspecified atom stereocenters. The van der Waals surface area contributed by atoms with Gasteiger partial charge in [0, 0.05) is 17.5 Å². The molecule has 0 heterocycles. The quantitative estimate of drug-likeness (QED) is 0.314. The van der Waals surface area contributed by atoms with Crippen LogP contribution in [-0.4, -0.2) is 31.1 Å². The van der Waals surface area contributed by atoms with Gasteiger partial charge in [-0.3, -0.25) is 10.1 Å². The molecule has 0 bridgehead atoms. The van der Waals surface area contributed by atoms with Gasteiger partial charge >= 0.3 is 11.9 Å². The molecule has 126 valence electrons. The standard InChI is InChI=1S/C18H13NO6/c1-24-17(20)13-8-6-11-4-3-10-5-7-12(19(22)23)9-14(10)15(11)16(13)18(21)25-2/h3-9H,1-2H3. The van der Waals surface area contributed by atoms with E-state index in [2.05, 4.69) is 0 Å². The molecule has 7 heteroatoms. The summed E-state index contributed by atoms with van der Waals surface area (Å²) in [5, 5.41) is 13.4. The predicted octanol–water partition coefficient (Wildman–Crippen LogP) is 3.47. The van der Waals surface area contributed by atoms with Crippen LogP contribution in [0.2, 0.25) is 0 Å². The number of hydrogen-bond donors (Lipinski definition) is 0.